The third-order valence-corrected chi connectivity index (χ3v) is 4.89. The van der Waals surface area contributed by atoms with Crippen LogP contribution < -0.4 is 10.6 Å². The van der Waals surface area contributed by atoms with Crippen LogP contribution in [-0.4, -0.2) is 28.3 Å². The quantitative estimate of drug-likeness (QED) is 0.777. The Bertz CT molecular complexity index is 504. The molecular weight excluding hydrogens is 298 g/mol. The Morgan fingerprint density at radius 2 is 1.91 bits per heavy atom. The summed E-state index contributed by atoms with van der Waals surface area (Å²) in [7, 11) is 0. The topological polar surface area (TPSA) is 74.2 Å². The number of amides is 2. The fourth-order valence-corrected chi connectivity index (χ4v) is 2.66. The van der Waals surface area contributed by atoms with Crippen LogP contribution in [0.2, 0.25) is 0 Å². The van der Waals surface area contributed by atoms with Crippen molar-refractivity contribution in [3.63, 3.8) is 0 Å². The van der Waals surface area contributed by atoms with Gasteiger partial charge in [0.2, 0.25) is 0 Å². The van der Waals surface area contributed by atoms with E-state index >= 15 is 0 Å². The Labute approximate surface area is 137 Å². The van der Waals surface area contributed by atoms with Crippen molar-refractivity contribution in [1.29, 1.82) is 0 Å². The van der Waals surface area contributed by atoms with Crippen LogP contribution in [0.3, 0.4) is 0 Å². The van der Waals surface area contributed by atoms with Gasteiger partial charge in [0.05, 0.1) is 17.3 Å². The summed E-state index contributed by atoms with van der Waals surface area (Å²) in [5, 5.41) is 18.6. The van der Waals surface area contributed by atoms with Crippen LogP contribution in [-0.2, 0) is 5.41 Å². The molecule has 0 aliphatic heterocycles. The summed E-state index contributed by atoms with van der Waals surface area (Å²) >= 11 is 1.55. The predicted octanol–water partition coefficient (Wildman–Crippen LogP) is 3.21. The van der Waals surface area contributed by atoms with Gasteiger partial charge in [-0.15, -0.1) is 11.3 Å². The minimum atomic E-state index is -0.916. The van der Waals surface area contributed by atoms with Gasteiger partial charge in [-0.1, -0.05) is 34.6 Å². The van der Waals surface area contributed by atoms with Crippen molar-refractivity contribution < 1.29 is 9.90 Å². The summed E-state index contributed by atoms with van der Waals surface area (Å²) < 4.78 is 0. The van der Waals surface area contributed by atoms with E-state index in [1.54, 1.807) is 18.3 Å². The number of aliphatic hydroxyl groups is 1. The summed E-state index contributed by atoms with van der Waals surface area (Å²) in [5.41, 5.74) is 0.123. The van der Waals surface area contributed by atoms with Crippen LogP contribution in [0, 0.1) is 5.92 Å². The number of rotatable bonds is 5. The molecule has 1 aromatic rings. The second-order valence-electron chi connectivity index (χ2n) is 7.38. The number of aromatic nitrogens is 1. The highest BCUT2D eigenvalue weighted by Crippen LogP contribution is 2.26. The van der Waals surface area contributed by atoms with Gasteiger partial charge in [0.1, 0.15) is 5.01 Å². The molecule has 3 N–H and O–H groups in total. The van der Waals surface area contributed by atoms with E-state index in [9.17, 15) is 9.90 Å². The van der Waals surface area contributed by atoms with Crippen LogP contribution in [0.5, 0.6) is 0 Å². The monoisotopic (exact) mass is 327 g/mol. The van der Waals surface area contributed by atoms with Gasteiger partial charge in [-0.3, -0.25) is 0 Å². The molecule has 5 nitrogen and oxygen atoms in total. The molecule has 0 aliphatic rings. The minimum absolute atomic E-state index is 0.00664. The average molecular weight is 327 g/mol. The first-order valence-electron chi connectivity index (χ1n) is 7.66. The van der Waals surface area contributed by atoms with Gasteiger partial charge < -0.3 is 15.7 Å². The Morgan fingerprint density at radius 3 is 2.36 bits per heavy atom. The van der Waals surface area contributed by atoms with Crippen molar-refractivity contribution in [1.82, 2.24) is 15.6 Å². The number of hydrogen-bond acceptors (Lipinski definition) is 4. The molecule has 0 radical (unpaired) electrons. The van der Waals surface area contributed by atoms with Gasteiger partial charge in [-0.05, 0) is 19.8 Å². The Kier molecular flexibility index (Phi) is 5.98. The molecule has 1 rings (SSSR count). The molecule has 0 spiro atoms. The second kappa shape index (κ2) is 6.96. The number of nitrogens with one attached hydrogen (secondary N) is 2. The van der Waals surface area contributed by atoms with E-state index in [0.717, 1.165) is 10.7 Å². The largest absolute Gasteiger partial charge is 0.388 e. The standard InChI is InChI=1S/C16H29N3O2S/c1-10(2)16(7,21)9-17-14(20)18-11(3)13-19-12(8-22-13)15(4,5)6/h8,10-11,21H,9H2,1-7H3,(H2,17,18,20). The highest BCUT2D eigenvalue weighted by atomic mass is 32.1. The summed E-state index contributed by atoms with van der Waals surface area (Å²) in [6, 6.07) is -0.453. The second-order valence-corrected chi connectivity index (χ2v) is 8.27. The van der Waals surface area contributed by atoms with Crippen LogP contribution in [0.1, 0.15) is 65.2 Å². The number of urea groups is 1. The molecule has 2 amide bonds. The Morgan fingerprint density at radius 1 is 1.32 bits per heavy atom. The van der Waals surface area contributed by atoms with Gasteiger partial charge in [0, 0.05) is 17.3 Å². The smallest absolute Gasteiger partial charge is 0.315 e. The van der Waals surface area contributed by atoms with Crippen LogP contribution in [0.25, 0.3) is 0 Å². The number of carbonyl (C=O) groups excluding carboxylic acids is 1. The molecule has 6 heteroatoms. The lowest BCUT2D eigenvalue weighted by Gasteiger charge is -2.28. The van der Waals surface area contributed by atoms with Gasteiger partial charge in [-0.25, -0.2) is 9.78 Å². The van der Waals surface area contributed by atoms with E-state index in [0.29, 0.717) is 0 Å². The number of nitrogens with zero attached hydrogens (tertiary/aromatic N) is 1. The number of thiazole rings is 1. The first kappa shape index (κ1) is 18.9. The fourth-order valence-electron chi connectivity index (χ4n) is 1.60. The Balaban J connectivity index is 2.56. The zero-order valence-electron chi connectivity index (χ0n) is 14.7. The molecule has 1 aromatic heterocycles. The molecule has 2 unspecified atom stereocenters. The highest BCUT2D eigenvalue weighted by molar-refractivity contribution is 7.09. The fraction of sp³-hybridized carbons (Fsp3) is 0.750. The molecule has 0 saturated carbocycles. The molecule has 1 heterocycles. The molecule has 2 atom stereocenters. The maximum atomic E-state index is 11.9. The van der Waals surface area contributed by atoms with Crippen molar-refractivity contribution in [3.05, 3.63) is 16.1 Å². The maximum absolute atomic E-state index is 11.9. The third kappa shape index (κ3) is 5.25. The first-order chi connectivity index (χ1) is 9.93. The van der Waals surface area contributed by atoms with Gasteiger partial charge in [-0.2, -0.15) is 0 Å². The van der Waals surface area contributed by atoms with Crippen molar-refractivity contribution in [2.75, 3.05) is 6.54 Å². The van der Waals surface area contributed by atoms with Crippen LogP contribution in [0.15, 0.2) is 5.38 Å². The van der Waals surface area contributed by atoms with E-state index in [1.165, 1.54) is 0 Å². The number of carbonyl (C=O) groups is 1. The summed E-state index contributed by atoms with van der Waals surface area (Å²) in [4.78, 5) is 16.5. The average Bonchev–Trinajstić information content (AvgIpc) is 2.85. The van der Waals surface area contributed by atoms with E-state index in [4.69, 9.17) is 0 Å². The summed E-state index contributed by atoms with van der Waals surface area (Å²) in [6.45, 7) is 14.0. The SMILES string of the molecule is CC(NC(=O)NCC(C)(O)C(C)C)c1nc(C(C)(C)C)cs1. The summed E-state index contributed by atoms with van der Waals surface area (Å²) in [5.74, 6) is 0.0681. The van der Waals surface area contributed by atoms with E-state index < -0.39 is 5.60 Å². The zero-order valence-corrected chi connectivity index (χ0v) is 15.5. The lowest BCUT2D eigenvalue weighted by molar-refractivity contribution is 0.0165. The molecular formula is C16H29N3O2S. The number of hydrogen-bond donors (Lipinski definition) is 3. The lowest BCUT2D eigenvalue weighted by Crippen LogP contribution is -2.47. The third-order valence-electron chi connectivity index (χ3n) is 3.86. The molecule has 0 saturated heterocycles. The molecule has 0 bridgehead atoms. The first-order valence-corrected chi connectivity index (χ1v) is 8.54. The molecule has 0 fully saturated rings. The molecule has 0 aromatic carbocycles. The van der Waals surface area contributed by atoms with Crippen molar-refractivity contribution in [2.45, 2.75) is 65.5 Å². The minimum Gasteiger partial charge on any atom is -0.388 e. The van der Waals surface area contributed by atoms with Crippen molar-refractivity contribution in [3.8, 4) is 0 Å². The van der Waals surface area contributed by atoms with Crippen LogP contribution in [0.4, 0.5) is 4.79 Å². The highest BCUT2D eigenvalue weighted by Gasteiger charge is 2.26. The molecule has 0 aliphatic carbocycles. The van der Waals surface area contributed by atoms with Gasteiger partial charge in [0.25, 0.3) is 0 Å². The van der Waals surface area contributed by atoms with Gasteiger partial charge in [0.15, 0.2) is 0 Å². The zero-order chi connectivity index (χ0) is 17.1. The predicted molar refractivity (Wildman–Crippen MR) is 91.2 cm³/mol. The maximum Gasteiger partial charge on any atom is 0.315 e. The normalized spacial score (nSPS) is 16.2. The van der Waals surface area contributed by atoms with Crippen LogP contribution >= 0.6 is 11.3 Å². The molecule has 126 valence electrons. The van der Waals surface area contributed by atoms with Gasteiger partial charge >= 0.3 is 6.03 Å². The Hall–Kier alpha value is -1.14. The summed E-state index contributed by atoms with van der Waals surface area (Å²) in [6.07, 6.45) is 0. The lowest BCUT2D eigenvalue weighted by atomic mass is 9.93. The molecule has 22 heavy (non-hydrogen) atoms. The van der Waals surface area contributed by atoms with Crippen molar-refractivity contribution in [2.24, 2.45) is 5.92 Å². The van der Waals surface area contributed by atoms with E-state index in [-0.39, 0.29) is 30.0 Å². The van der Waals surface area contributed by atoms with E-state index in [2.05, 4.69) is 36.4 Å². The van der Waals surface area contributed by atoms with E-state index in [1.807, 2.05) is 26.2 Å². The van der Waals surface area contributed by atoms with Crippen molar-refractivity contribution >= 4 is 17.4 Å².